The highest BCUT2D eigenvalue weighted by Gasteiger charge is 2.12. The fraction of sp³-hybridized carbons (Fsp3) is 0.600. The minimum atomic E-state index is -0.558. The number of hydrogen-bond acceptors (Lipinski definition) is 5. The van der Waals surface area contributed by atoms with E-state index in [0.29, 0.717) is 6.54 Å². The van der Waals surface area contributed by atoms with Gasteiger partial charge in [-0.25, -0.2) is 0 Å². The summed E-state index contributed by atoms with van der Waals surface area (Å²) in [6.07, 6.45) is 8.53. The van der Waals surface area contributed by atoms with E-state index < -0.39 is 11.9 Å². The van der Waals surface area contributed by atoms with Crippen LogP contribution >= 0.6 is 0 Å². The number of esters is 1. The summed E-state index contributed by atoms with van der Waals surface area (Å²) in [5.41, 5.74) is 4.78. The summed E-state index contributed by atoms with van der Waals surface area (Å²) in [6.45, 7) is 4.55. The van der Waals surface area contributed by atoms with Gasteiger partial charge in [-0.1, -0.05) is 63.3 Å². The molecule has 0 unspecified atom stereocenters. The van der Waals surface area contributed by atoms with Gasteiger partial charge in [-0.15, -0.1) is 0 Å². The quantitative estimate of drug-likeness (QED) is 0.185. The lowest BCUT2D eigenvalue weighted by atomic mass is 10.0. The largest absolute Gasteiger partial charge is 0.466 e. The Morgan fingerprint density at radius 3 is 2.27 bits per heavy atom. The van der Waals surface area contributed by atoms with E-state index in [1.807, 2.05) is 12.1 Å². The molecule has 0 saturated heterocycles. The fourth-order valence-corrected chi connectivity index (χ4v) is 2.70. The number of carbonyl (C=O) groups excluding carboxylic acids is 2. The Morgan fingerprint density at radius 1 is 1.00 bits per heavy atom. The molecule has 0 aliphatic carbocycles. The van der Waals surface area contributed by atoms with Gasteiger partial charge in [0.2, 0.25) is 5.91 Å². The molecule has 3 N–H and O–H groups in total. The minimum absolute atomic E-state index is 0.254. The van der Waals surface area contributed by atoms with Crippen molar-refractivity contribution < 1.29 is 14.3 Å². The van der Waals surface area contributed by atoms with Crippen LogP contribution in [-0.4, -0.2) is 23.6 Å². The van der Waals surface area contributed by atoms with Gasteiger partial charge in [-0.05, 0) is 30.9 Å². The maximum atomic E-state index is 11.7. The van der Waals surface area contributed by atoms with E-state index in [4.69, 9.17) is 10.6 Å². The maximum absolute atomic E-state index is 11.7. The SMILES string of the molecule is CCCCCCCCc1ccc(CN(N)NC(=O)CC(=O)OCC)cc1. The topological polar surface area (TPSA) is 84.7 Å². The number of unbranched alkanes of at least 4 members (excludes halogenated alkanes) is 5. The van der Waals surface area contributed by atoms with Crippen molar-refractivity contribution in [2.45, 2.75) is 71.8 Å². The molecule has 0 fully saturated rings. The summed E-state index contributed by atoms with van der Waals surface area (Å²) < 4.78 is 4.73. The van der Waals surface area contributed by atoms with Gasteiger partial charge < -0.3 is 4.74 Å². The van der Waals surface area contributed by atoms with Crippen LogP contribution in [-0.2, 0) is 27.3 Å². The molecule has 0 radical (unpaired) electrons. The molecule has 0 aliphatic rings. The molecule has 26 heavy (non-hydrogen) atoms. The van der Waals surface area contributed by atoms with Crippen LogP contribution in [0.5, 0.6) is 0 Å². The first kappa shape index (κ1) is 22.1. The highest BCUT2D eigenvalue weighted by Crippen LogP contribution is 2.11. The van der Waals surface area contributed by atoms with Gasteiger partial charge in [0.1, 0.15) is 6.42 Å². The van der Waals surface area contributed by atoms with Crippen LogP contribution in [0.3, 0.4) is 0 Å². The Hall–Kier alpha value is -1.92. The molecule has 1 aromatic carbocycles. The number of benzene rings is 1. The number of carbonyl (C=O) groups is 2. The van der Waals surface area contributed by atoms with Gasteiger partial charge in [0, 0.05) is 0 Å². The van der Waals surface area contributed by atoms with Crippen molar-refractivity contribution >= 4 is 11.9 Å². The van der Waals surface area contributed by atoms with Gasteiger partial charge in [-0.3, -0.25) is 20.9 Å². The molecule has 0 saturated carbocycles. The second kappa shape index (κ2) is 13.3. The third-order valence-corrected chi connectivity index (χ3v) is 4.07. The average molecular weight is 364 g/mol. The monoisotopic (exact) mass is 363 g/mol. The van der Waals surface area contributed by atoms with Crippen LogP contribution in [0.2, 0.25) is 0 Å². The van der Waals surface area contributed by atoms with E-state index >= 15 is 0 Å². The average Bonchev–Trinajstić information content (AvgIpc) is 2.59. The van der Waals surface area contributed by atoms with E-state index in [1.54, 1.807) is 6.92 Å². The van der Waals surface area contributed by atoms with Gasteiger partial charge in [0.25, 0.3) is 0 Å². The standard InChI is InChI=1S/C20H33N3O3/c1-3-5-6-7-8-9-10-17-11-13-18(14-12-17)16-23(21)22-19(24)15-20(25)26-4-2/h11-14H,3-10,15-16,21H2,1-2H3,(H,22,24). The molecule has 1 amide bonds. The number of hydrogen-bond donors (Lipinski definition) is 2. The summed E-state index contributed by atoms with van der Waals surface area (Å²) in [6, 6.07) is 8.25. The summed E-state index contributed by atoms with van der Waals surface area (Å²) >= 11 is 0. The summed E-state index contributed by atoms with van der Waals surface area (Å²) in [7, 11) is 0. The lowest BCUT2D eigenvalue weighted by molar-refractivity contribution is -0.147. The zero-order chi connectivity index (χ0) is 19.2. The smallest absolute Gasteiger partial charge is 0.315 e. The van der Waals surface area contributed by atoms with Gasteiger partial charge in [-0.2, -0.15) is 5.12 Å². The van der Waals surface area contributed by atoms with E-state index in [-0.39, 0.29) is 13.0 Å². The fourth-order valence-electron chi connectivity index (χ4n) is 2.70. The molecule has 0 aliphatic heterocycles. The first-order valence-electron chi connectivity index (χ1n) is 9.60. The van der Waals surface area contributed by atoms with Crippen LogP contribution in [0.4, 0.5) is 0 Å². The van der Waals surface area contributed by atoms with Crippen LogP contribution in [0.1, 0.15) is 69.9 Å². The van der Waals surface area contributed by atoms with Crippen molar-refractivity contribution in [3.05, 3.63) is 35.4 Å². The highest BCUT2D eigenvalue weighted by atomic mass is 16.5. The third-order valence-electron chi connectivity index (χ3n) is 4.07. The number of hydrazine groups is 2. The van der Waals surface area contributed by atoms with E-state index in [9.17, 15) is 9.59 Å². The minimum Gasteiger partial charge on any atom is -0.466 e. The van der Waals surface area contributed by atoms with Gasteiger partial charge >= 0.3 is 5.97 Å². The van der Waals surface area contributed by atoms with E-state index in [1.165, 1.54) is 49.2 Å². The Labute approximate surface area is 157 Å². The molecule has 146 valence electrons. The number of ether oxygens (including phenoxy) is 1. The first-order chi connectivity index (χ1) is 12.5. The molecular formula is C20H33N3O3. The molecule has 0 heterocycles. The Balaban J connectivity index is 2.28. The molecular weight excluding hydrogens is 330 g/mol. The van der Waals surface area contributed by atoms with Gasteiger partial charge in [0.15, 0.2) is 0 Å². The number of amides is 1. The molecule has 0 spiro atoms. The predicted molar refractivity (Wildman–Crippen MR) is 103 cm³/mol. The van der Waals surface area contributed by atoms with E-state index in [0.717, 1.165) is 12.0 Å². The molecule has 0 atom stereocenters. The third kappa shape index (κ3) is 10.2. The number of nitrogens with zero attached hydrogens (tertiary/aromatic N) is 1. The number of rotatable bonds is 13. The Morgan fingerprint density at radius 2 is 1.62 bits per heavy atom. The highest BCUT2D eigenvalue weighted by molar-refractivity contribution is 5.93. The maximum Gasteiger partial charge on any atom is 0.315 e. The van der Waals surface area contributed by atoms with Gasteiger partial charge in [0.05, 0.1) is 13.2 Å². The van der Waals surface area contributed by atoms with Crippen LogP contribution in [0, 0.1) is 0 Å². The number of nitrogens with one attached hydrogen (secondary N) is 1. The second-order valence-corrected chi connectivity index (χ2v) is 6.48. The van der Waals surface area contributed by atoms with Crippen LogP contribution in [0.25, 0.3) is 0 Å². The van der Waals surface area contributed by atoms with Crippen molar-refractivity contribution in [1.29, 1.82) is 0 Å². The van der Waals surface area contributed by atoms with Crippen LogP contribution < -0.4 is 11.3 Å². The van der Waals surface area contributed by atoms with Crippen LogP contribution in [0.15, 0.2) is 24.3 Å². The zero-order valence-electron chi connectivity index (χ0n) is 16.1. The Kier molecular flexibility index (Phi) is 11.3. The van der Waals surface area contributed by atoms with Crippen molar-refractivity contribution in [3.8, 4) is 0 Å². The lowest BCUT2D eigenvalue weighted by Crippen LogP contribution is -2.47. The van der Waals surface area contributed by atoms with Crippen molar-refractivity contribution in [2.24, 2.45) is 5.84 Å². The molecule has 0 bridgehead atoms. The number of nitrogens with two attached hydrogens (primary N) is 1. The van der Waals surface area contributed by atoms with Crippen molar-refractivity contribution in [2.75, 3.05) is 6.61 Å². The molecule has 6 heteroatoms. The van der Waals surface area contributed by atoms with E-state index in [2.05, 4.69) is 24.5 Å². The molecule has 1 rings (SSSR count). The Bertz CT molecular complexity index is 532. The summed E-state index contributed by atoms with van der Waals surface area (Å²) in [5, 5.41) is 1.18. The lowest BCUT2D eigenvalue weighted by Gasteiger charge is -2.17. The molecule has 0 aromatic heterocycles. The molecule has 1 aromatic rings. The summed E-state index contributed by atoms with van der Waals surface area (Å²) in [5.74, 6) is 4.74. The van der Waals surface area contributed by atoms with Crippen molar-refractivity contribution in [3.63, 3.8) is 0 Å². The zero-order valence-corrected chi connectivity index (χ0v) is 16.1. The normalized spacial score (nSPS) is 10.8. The first-order valence-corrected chi connectivity index (χ1v) is 9.60. The predicted octanol–water partition coefficient (Wildman–Crippen LogP) is 3.25. The molecule has 6 nitrogen and oxygen atoms in total. The summed E-state index contributed by atoms with van der Waals surface area (Å²) in [4.78, 5) is 22.9. The number of aryl methyl sites for hydroxylation is 1. The second-order valence-electron chi connectivity index (χ2n) is 6.48. The van der Waals surface area contributed by atoms with Crippen molar-refractivity contribution in [1.82, 2.24) is 10.5 Å².